The van der Waals surface area contributed by atoms with E-state index in [0.717, 1.165) is 22.5 Å². The summed E-state index contributed by atoms with van der Waals surface area (Å²) in [7, 11) is 3.53. The minimum absolute atomic E-state index is 0.150. The number of anilines is 1. The van der Waals surface area contributed by atoms with Crippen LogP contribution in [0.1, 0.15) is 27.8 Å². The summed E-state index contributed by atoms with van der Waals surface area (Å²) in [5.74, 6) is 1.31. The topological polar surface area (TPSA) is 69.0 Å². The molecule has 0 fully saturated rings. The van der Waals surface area contributed by atoms with Crippen LogP contribution in [0, 0.1) is 6.92 Å². The Bertz CT molecular complexity index is 1230. The summed E-state index contributed by atoms with van der Waals surface area (Å²) in [5, 5.41) is 12.0. The SMILES string of the molecule is COc1ccc(C)cc1NC(=O)[C@H](Sc1nnc(Cc2ccccc2)n1C)c1ccccc1. The Morgan fingerprint density at radius 3 is 2.42 bits per heavy atom. The van der Waals surface area contributed by atoms with Crippen LogP contribution in [0.4, 0.5) is 5.69 Å². The van der Waals surface area contributed by atoms with Crippen molar-refractivity contribution < 1.29 is 9.53 Å². The highest BCUT2D eigenvalue weighted by atomic mass is 32.2. The van der Waals surface area contributed by atoms with Gasteiger partial charge in [-0.05, 0) is 35.7 Å². The molecule has 1 atom stereocenters. The van der Waals surface area contributed by atoms with E-state index in [1.54, 1.807) is 7.11 Å². The van der Waals surface area contributed by atoms with Gasteiger partial charge in [0.05, 0.1) is 12.8 Å². The largest absolute Gasteiger partial charge is 0.495 e. The summed E-state index contributed by atoms with van der Waals surface area (Å²) in [4.78, 5) is 13.5. The molecular weight excluding hydrogens is 432 g/mol. The van der Waals surface area contributed by atoms with Gasteiger partial charge in [-0.1, -0.05) is 78.5 Å². The van der Waals surface area contributed by atoms with Crippen LogP contribution in [0.3, 0.4) is 0 Å². The van der Waals surface area contributed by atoms with Gasteiger partial charge in [-0.25, -0.2) is 0 Å². The molecular formula is C26H26N4O2S. The molecule has 1 N–H and O–H groups in total. The lowest BCUT2D eigenvalue weighted by Crippen LogP contribution is -2.20. The van der Waals surface area contributed by atoms with Crippen LogP contribution in [-0.4, -0.2) is 27.8 Å². The van der Waals surface area contributed by atoms with Gasteiger partial charge in [0.25, 0.3) is 0 Å². The number of aromatic nitrogens is 3. The third-order valence-electron chi connectivity index (χ3n) is 5.31. The van der Waals surface area contributed by atoms with E-state index in [1.807, 2.05) is 85.3 Å². The third-order valence-corrected chi connectivity index (χ3v) is 6.59. The molecule has 0 saturated heterocycles. The lowest BCUT2D eigenvalue weighted by molar-refractivity contribution is -0.115. The highest BCUT2D eigenvalue weighted by Crippen LogP contribution is 2.36. The van der Waals surface area contributed by atoms with Gasteiger partial charge in [0, 0.05) is 13.5 Å². The number of nitrogens with zero attached hydrogens (tertiary/aromatic N) is 3. The number of methoxy groups -OCH3 is 1. The second-order valence-corrected chi connectivity index (χ2v) is 8.79. The maximum atomic E-state index is 13.5. The Balaban J connectivity index is 1.60. The highest BCUT2D eigenvalue weighted by molar-refractivity contribution is 8.00. The lowest BCUT2D eigenvalue weighted by Gasteiger charge is -2.18. The van der Waals surface area contributed by atoms with Crippen molar-refractivity contribution in [3.63, 3.8) is 0 Å². The smallest absolute Gasteiger partial charge is 0.242 e. The van der Waals surface area contributed by atoms with Gasteiger partial charge in [0.1, 0.15) is 16.8 Å². The molecule has 0 aliphatic heterocycles. The first-order chi connectivity index (χ1) is 16.0. The Hall–Kier alpha value is -3.58. The number of nitrogens with one attached hydrogen (secondary N) is 1. The van der Waals surface area contributed by atoms with Gasteiger partial charge >= 0.3 is 0 Å². The zero-order valence-corrected chi connectivity index (χ0v) is 19.7. The van der Waals surface area contributed by atoms with Crippen molar-refractivity contribution in [2.45, 2.75) is 23.8 Å². The Morgan fingerprint density at radius 2 is 1.73 bits per heavy atom. The molecule has 33 heavy (non-hydrogen) atoms. The van der Waals surface area contributed by atoms with Crippen molar-refractivity contribution in [3.8, 4) is 5.75 Å². The number of carbonyl (C=O) groups excluding carboxylic acids is 1. The number of rotatable bonds is 8. The molecule has 0 radical (unpaired) electrons. The third kappa shape index (κ3) is 5.43. The van der Waals surface area contributed by atoms with Gasteiger partial charge < -0.3 is 14.6 Å². The monoisotopic (exact) mass is 458 g/mol. The van der Waals surface area contributed by atoms with Crippen LogP contribution in [0.2, 0.25) is 0 Å². The number of hydrogen-bond acceptors (Lipinski definition) is 5. The molecule has 6 nitrogen and oxygen atoms in total. The predicted octanol–water partition coefficient (Wildman–Crippen LogP) is 5.20. The Morgan fingerprint density at radius 1 is 1.03 bits per heavy atom. The fraction of sp³-hybridized carbons (Fsp3) is 0.192. The van der Waals surface area contributed by atoms with E-state index in [4.69, 9.17) is 4.74 Å². The first-order valence-corrected chi connectivity index (χ1v) is 11.5. The first-order valence-electron chi connectivity index (χ1n) is 10.6. The molecule has 1 amide bonds. The van der Waals surface area contributed by atoms with Crippen LogP contribution in [0.25, 0.3) is 0 Å². The number of thioether (sulfide) groups is 1. The molecule has 1 heterocycles. The number of aryl methyl sites for hydroxylation is 1. The standard InChI is InChI=1S/C26H26N4O2S/c1-18-14-15-22(32-3)21(16-18)27-25(31)24(20-12-8-5-9-13-20)33-26-29-28-23(30(26)2)17-19-10-6-4-7-11-19/h4-16,24H,17H2,1-3H3,(H,27,31)/t24-/m1/s1. The molecule has 168 valence electrons. The van der Waals surface area contributed by atoms with E-state index in [-0.39, 0.29) is 5.91 Å². The van der Waals surface area contributed by atoms with Crippen LogP contribution in [0.15, 0.2) is 84.0 Å². The maximum absolute atomic E-state index is 13.5. The molecule has 0 saturated carbocycles. The average Bonchev–Trinajstić information content (AvgIpc) is 3.17. The summed E-state index contributed by atoms with van der Waals surface area (Å²) in [6, 6.07) is 25.6. The minimum atomic E-state index is -0.510. The van der Waals surface area contributed by atoms with Crippen molar-refractivity contribution in [1.82, 2.24) is 14.8 Å². The molecule has 1 aromatic heterocycles. The van der Waals surface area contributed by atoms with Crippen molar-refractivity contribution in [2.24, 2.45) is 7.05 Å². The summed E-state index contributed by atoms with van der Waals surface area (Å²) in [5.41, 5.74) is 3.73. The van der Waals surface area contributed by atoms with Gasteiger partial charge in [-0.2, -0.15) is 0 Å². The summed E-state index contributed by atoms with van der Waals surface area (Å²) < 4.78 is 7.39. The number of ether oxygens (including phenoxy) is 1. The average molecular weight is 459 g/mol. The number of hydrogen-bond donors (Lipinski definition) is 1. The predicted molar refractivity (Wildman–Crippen MR) is 132 cm³/mol. The quantitative estimate of drug-likeness (QED) is 0.368. The molecule has 0 aliphatic rings. The zero-order valence-electron chi connectivity index (χ0n) is 18.9. The van der Waals surface area contributed by atoms with Crippen LogP contribution >= 0.6 is 11.8 Å². The normalized spacial score (nSPS) is 11.7. The number of benzene rings is 3. The minimum Gasteiger partial charge on any atom is -0.495 e. The van der Waals surface area contributed by atoms with Crippen molar-refractivity contribution in [1.29, 1.82) is 0 Å². The van der Waals surface area contributed by atoms with Crippen LogP contribution in [0.5, 0.6) is 5.75 Å². The lowest BCUT2D eigenvalue weighted by atomic mass is 10.1. The van der Waals surface area contributed by atoms with E-state index in [9.17, 15) is 4.79 Å². The van der Waals surface area contributed by atoms with Gasteiger partial charge in [0.15, 0.2) is 5.16 Å². The fourth-order valence-electron chi connectivity index (χ4n) is 3.50. The van der Waals surface area contributed by atoms with E-state index in [0.29, 0.717) is 23.0 Å². The molecule has 0 aliphatic carbocycles. The van der Waals surface area contributed by atoms with E-state index < -0.39 is 5.25 Å². The number of carbonyl (C=O) groups is 1. The molecule has 7 heteroatoms. The molecule has 0 unspecified atom stereocenters. The van der Waals surface area contributed by atoms with E-state index >= 15 is 0 Å². The van der Waals surface area contributed by atoms with Crippen LogP contribution < -0.4 is 10.1 Å². The van der Waals surface area contributed by atoms with Crippen LogP contribution in [-0.2, 0) is 18.3 Å². The molecule has 0 bridgehead atoms. The molecule has 3 aromatic carbocycles. The van der Waals surface area contributed by atoms with Gasteiger partial charge in [-0.3, -0.25) is 4.79 Å². The first kappa shape index (κ1) is 22.6. The van der Waals surface area contributed by atoms with Gasteiger partial charge in [0.2, 0.25) is 5.91 Å². The molecule has 0 spiro atoms. The summed E-state index contributed by atoms with van der Waals surface area (Å²) in [6.07, 6.45) is 0.674. The van der Waals surface area contributed by atoms with Crippen molar-refractivity contribution in [2.75, 3.05) is 12.4 Å². The second kappa shape index (κ2) is 10.4. The molecule has 4 rings (SSSR count). The van der Waals surface area contributed by atoms with E-state index in [2.05, 4.69) is 27.6 Å². The van der Waals surface area contributed by atoms with E-state index in [1.165, 1.54) is 11.8 Å². The maximum Gasteiger partial charge on any atom is 0.242 e. The summed E-state index contributed by atoms with van der Waals surface area (Å²) in [6.45, 7) is 1.98. The van der Waals surface area contributed by atoms with Crippen molar-refractivity contribution >= 4 is 23.4 Å². The zero-order chi connectivity index (χ0) is 23.2. The fourth-order valence-corrected chi connectivity index (χ4v) is 4.53. The van der Waals surface area contributed by atoms with Gasteiger partial charge in [-0.15, -0.1) is 10.2 Å². The summed E-state index contributed by atoms with van der Waals surface area (Å²) >= 11 is 1.38. The second-order valence-electron chi connectivity index (χ2n) is 7.72. The number of amides is 1. The highest BCUT2D eigenvalue weighted by Gasteiger charge is 2.26. The Kier molecular flexibility index (Phi) is 7.10. The Labute approximate surface area is 198 Å². The molecule has 4 aromatic rings. The van der Waals surface area contributed by atoms with Crippen molar-refractivity contribution in [3.05, 3.63) is 101 Å².